The Bertz CT molecular complexity index is 1120. The van der Waals surface area contributed by atoms with Gasteiger partial charge >= 0.3 is 78.2 Å². The highest BCUT2D eigenvalue weighted by molar-refractivity contribution is 6.89. The molecule has 0 fully saturated rings. The number of halogens is 36. The normalized spacial score (nSPS) is 17.4. The van der Waals surface area contributed by atoms with Crippen molar-refractivity contribution in [2.45, 2.75) is 95.4 Å². The second kappa shape index (κ2) is 11.8. The summed E-state index contributed by atoms with van der Waals surface area (Å²) in [6.07, 6.45) is -50.8. The average Bonchev–Trinajstić information content (AvgIpc) is 2.84. The van der Waals surface area contributed by atoms with Crippen molar-refractivity contribution in [2.75, 3.05) is 0 Å². The molecular formula is C16BF36-. The quantitative estimate of drug-likeness (QED) is 0.135. The van der Waals surface area contributed by atoms with Crippen molar-refractivity contribution in [1.29, 1.82) is 0 Å². The van der Waals surface area contributed by atoms with E-state index >= 15 is 0 Å². The summed E-state index contributed by atoms with van der Waals surface area (Å²) < 4.78 is 490. The number of rotatable bonds is 12. The van der Waals surface area contributed by atoms with Crippen LogP contribution in [0.1, 0.15) is 0 Å². The molecule has 0 aliphatic rings. The summed E-state index contributed by atoms with van der Waals surface area (Å²) in [5, 5.41) is 0. The maximum atomic E-state index is 15.0. The van der Waals surface area contributed by atoms with Crippen molar-refractivity contribution >= 4 is 6.15 Å². The fraction of sp³-hybridized carbons (Fsp3) is 1.00. The summed E-state index contributed by atoms with van der Waals surface area (Å²) in [6, 6.07) is 0. The highest BCUT2D eigenvalue weighted by Gasteiger charge is 3.06. The minimum atomic E-state index is -13.8. The largest absolute Gasteiger partial charge is 0.459 e. The Hall–Kier alpha value is -2.46. The Morgan fingerprint density at radius 1 is 0.151 bits per heavy atom. The third-order valence-corrected chi connectivity index (χ3v) is 6.85. The molecule has 0 aromatic rings. The Kier molecular flexibility index (Phi) is 11.2. The standard InChI is InChI=1S/C16BF36/c18-1(19,5(26,27)13(42,43)44)9(34,35)17(10(36,37)2(20,21)6(28,29)14(45,46)47,11(38,39)3(22,23)7(30,31)15(48,49)50)12(40,41)4(24,25)8(32,33)16(51,52)53/q-1. The monoisotopic (exact) mass is 887 g/mol. The molecule has 0 aliphatic heterocycles. The van der Waals surface area contributed by atoms with Gasteiger partial charge in [0.1, 0.15) is 0 Å². The molecule has 0 atom stereocenters. The molecule has 0 nitrogen and oxygen atoms in total. The van der Waals surface area contributed by atoms with E-state index in [4.69, 9.17) is 0 Å². The van der Waals surface area contributed by atoms with E-state index in [9.17, 15) is 158 Å². The lowest BCUT2D eigenvalue weighted by molar-refractivity contribution is -0.418. The molecule has 0 saturated carbocycles. The van der Waals surface area contributed by atoms with Crippen molar-refractivity contribution in [3.05, 3.63) is 0 Å². The molecule has 0 unspecified atom stereocenters. The zero-order chi connectivity index (χ0) is 44.5. The summed E-state index contributed by atoms with van der Waals surface area (Å²) in [7, 11) is 0. The number of hydrogen-bond donors (Lipinski definition) is 0. The molecule has 53 heavy (non-hydrogen) atoms. The van der Waals surface area contributed by atoms with Crippen molar-refractivity contribution in [3.8, 4) is 0 Å². The summed E-state index contributed by atoms with van der Waals surface area (Å²) in [5.41, 5.74) is 0. The summed E-state index contributed by atoms with van der Waals surface area (Å²) >= 11 is 0. The van der Waals surface area contributed by atoms with E-state index in [-0.39, 0.29) is 0 Å². The van der Waals surface area contributed by atoms with Gasteiger partial charge in [-0.05, 0) is 0 Å². The Labute approximate surface area is 261 Å². The van der Waals surface area contributed by atoms with E-state index in [1.165, 1.54) is 0 Å². The molecule has 37 heteroatoms. The zero-order valence-electron chi connectivity index (χ0n) is 22.2. The maximum absolute atomic E-state index is 15.0. The smallest absolute Gasteiger partial charge is 0.244 e. The van der Waals surface area contributed by atoms with Crippen LogP contribution in [-0.4, -0.2) is 102 Å². The van der Waals surface area contributed by atoms with Crippen LogP contribution in [0.4, 0.5) is 158 Å². The SMILES string of the molecule is FC(F)(F)C(F)(F)C(F)(F)C(F)(F)[B-](C(F)(F)C(F)(F)C(F)(F)C(F)(F)F)(C(F)(F)C(F)(F)C(F)(F)C(F)(F)F)C(F)(F)C(F)(F)C(F)(F)C(F)(F)F. The highest BCUT2D eigenvalue weighted by Crippen LogP contribution is 2.74. The van der Waals surface area contributed by atoms with E-state index in [1.807, 2.05) is 0 Å². The lowest BCUT2D eigenvalue weighted by Gasteiger charge is -2.62. The third-order valence-electron chi connectivity index (χ3n) is 6.85. The van der Waals surface area contributed by atoms with Gasteiger partial charge in [-0.2, -0.15) is 123 Å². The molecule has 0 radical (unpaired) electrons. The van der Waals surface area contributed by atoms with Crippen LogP contribution in [0, 0.1) is 0 Å². The van der Waals surface area contributed by atoms with Crippen LogP contribution in [0.25, 0.3) is 0 Å². The first-order valence-electron chi connectivity index (χ1n) is 11.0. The number of hydrogen-bond acceptors (Lipinski definition) is 0. The fourth-order valence-corrected chi connectivity index (χ4v) is 4.00. The molecule has 0 amide bonds. The average molecular weight is 887 g/mol. The van der Waals surface area contributed by atoms with E-state index in [2.05, 4.69) is 0 Å². The highest BCUT2D eigenvalue weighted by atomic mass is 19.5. The van der Waals surface area contributed by atoms with Crippen molar-refractivity contribution in [2.24, 2.45) is 0 Å². The molecular weight excluding hydrogens is 887 g/mol. The topological polar surface area (TPSA) is 0 Å². The molecule has 0 saturated heterocycles. The third kappa shape index (κ3) is 5.59. The molecule has 0 heterocycles. The second-order valence-corrected chi connectivity index (χ2v) is 9.94. The van der Waals surface area contributed by atoms with Crippen LogP contribution in [0.3, 0.4) is 0 Å². The van der Waals surface area contributed by atoms with Gasteiger partial charge in [0.15, 0.2) is 0 Å². The first kappa shape index (κ1) is 50.5. The molecule has 0 aliphatic carbocycles. The van der Waals surface area contributed by atoms with Crippen molar-refractivity contribution in [3.63, 3.8) is 0 Å². The molecule has 0 aromatic heterocycles. The van der Waals surface area contributed by atoms with Crippen molar-refractivity contribution < 1.29 is 158 Å². The van der Waals surface area contributed by atoms with Crippen LogP contribution in [0.5, 0.6) is 0 Å². The van der Waals surface area contributed by atoms with Crippen LogP contribution in [0.2, 0.25) is 0 Å². The molecule has 0 bridgehead atoms. The van der Waals surface area contributed by atoms with Gasteiger partial charge in [0.2, 0.25) is 23.3 Å². The van der Waals surface area contributed by atoms with Gasteiger partial charge in [-0.15, -0.1) is 0 Å². The van der Waals surface area contributed by atoms with Crippen LogP contribution in [-0.2, 0) is 0 Å². The minimum Gasteiger partial charge on any atom is -0.244 e. The van der Waals surface area contributed by atoms with Crippen LogP contribution >= 0.6 is 0 Å². The lowest BCUT2D eigenvalue weighted by Crippen LogP contribution is -2.97. The Morgan fingerprint density at radius 3 is 0.321 bits per heavy atom. The molecule has 0 aromatic carbocycles. The first-order chi connectivity index (χ1) is 22.0. The molecule has 0 rings (SSSR count). The van der Waals surface area contributed by atoms with Gasteiger partial charge in [0.05, 0.1) is 0 Å². The van der Waals surface area contributed by atoms with Crippen LogP contribution in [0.15, 0.2) is 0 Å². The lowest BCUT2D eigenvalue weighted by atomic mass is 9.08. The summed E-state index contributed by atoms with van der Waals surface area (Å²) in [5.74, 6) is -131. The maximum Gasteiger partial charge on any atom is 0.459 e. The zero-order valence-corrected chi connectivity index (χ0v) is 22.2. The van der Waals surface area contributed by atoms with E-state index in [0.717, 1.165) is 0 Å². The molecule has 0 spiro atoms. The van der Waals surface area contributed by atoms with Crippen LogP contribution < -0.4 is 0 Å². The summed E-state index contributed by atoms with van der Waals surface area (Å²) in [4.78, 5) is 0. The van der Waals surface area contributed by atoms with Gasteiger partial charge in [-0.1, -0.05) is 0 Å². The predicted octanol–water partition coefficient (Wildman–Crippen LogP) is 11.5. The van der Waals surface area contributed by atoms with Gasteiger partial charge in [-0.25, -0.2) is 35.1 Å². The van der Waals surface area contributed by atoms with E-state index in [1.54, 1.807) is 0 Å². The summed E-state index contributed by atoms with van der Waals surface area (Å²) in [6.45, 7) is 0. The fourth-order valence-electron chi connectivity index (χ4n) is 4.00. The molecule has 0 N–H and O–H groups in total. The van der Waals surface area contributed by atoms with Gasteiger partial charge < -0.3 is 0 Å². The van der Waals surface area contributed by atoms with Gasteiger partial charge in [0.25, 0.3) is 0 Å². The Morgan fingerprint density at radius 2 is 0.245 bits per heavy atom. The van der Waals surface area contributed by atoms with Gasteiger partial charge in [0, 0.05) is 0 Å². The molecule has 320 valence electrons. The van der Waals surface area contributed by atoms with Gasteiger partial charge in [-0.3, -0.25) is 0 Å². The number of alkyl halides is 36. The predicted molar refractivity (Wildman–Crippen MR) is 89.3 cm³/mol. The first-order valence-corrected chi connectivity index (χ1v) is 11.0. The van der Waals surface area contributed by atoms with Crippen molar-refractivity contribution in [1.82, 2.24) is 0 Å². The Balaban J connectivity index is 10.4. The minimum absolute atomic E-state index is 9.25. The second-order valence-electron chi connectivity index (χ2n) is 9.94. The van der Waals surface area contributed by atoms with E-state index in [0.29, 0.717) is 0 Å². The van der Waals surface area contributed by atoms with E-state index < -0.39 is 102 Å².